The Labute approximate surface area is 70.9 Å². The molecule has 0 bridgehead atoms. The van der Waals surface area contributed by atoms with Gasteiger partial charge in [0.05, 0.1) is 0 Å². The third-order valence-electron chi connectivity index (χ3n) is 1.67. The summed E-state index contributed by atoms with van der Waals surface area (Å²) in [5.74, 6) is 4.94. The van der Waals surface area contributed by atoms with Crippen molar-refractivity contribution in [1.82, 2.24) is 0 Å². The Kier molecular flexibility index (Phi) is 2.45. The van der Waals surface area contributed by atoms with Crippen molar-refractivity contribution in [3.8, 4) is 0 Å². The van der Waals surface area contributed by atoms with Crippen LogP contribution in [0, 0.1) is 12.7 Å². The van der Waals surface area contributed by atoms with Crippen molar-refractivity contribution in [3.63, 3.8) is 0 Å². The SMILES string of the molecule is C=Cc1cc(NN)cc(C)c1F. The van der Waals surface area contributed by atoms with Crippen LogP contribution in [0.25, 0.3) is 6.08 Å². The van der Waals surface area contributed by atoms with Crippen molar-refractivity contribution in [2.45, 2.75) is 6.92 Å². The molecule has 2 nitrogen and oxygen atoms in total. The Hall–Kier alpha value is -1.35. The number of benzene rings is 1. The van der Waals surface area contributed by atoms with Crippen LogP contribution in [0.1, 0.15) is 11.1 Å². The van der Waals surface area contributed by atoms with Gasteiger partial charge in [0.15, 0.2) is 0 Å². The lowest BCUT2D eigenvalue weighted by atomic mass is 10.1. The van der Waals surface area contributed by atoms with Crippen LogP contribution in [-0.4, -0.2) is 0 Å². The first kappa shape index (κ1) is 8.74. The zero-order chi connectivity index (χ0) is 9.14. The minimum Gasteiger partial charge on any atom is -0.324 e. The highest BCUT2D eigenvalue weighted by Gasteiger charge is 2.03. The van der Waals surface area contributed by atoms with Crippen molar-refractivity contribution < 1.29 is 4.39 Å². The molecule has 64 valence electrons. The summed E-state index contributed by atoms with van der Waals surface area (Å²) in [5.41, 5.74) is 4.16. The van der Waals surface area contributed by atoms with Crippen molar-refractivity contribution in [1.29, 1.82) is 0 Å². The molecule has 0 saturated carbocycles. The van der Waals surface area contributed by atoms with E-state index in [2.05, 4.69) is 12.0 Å². The number of anilines is 1. The number of hydrazine groups is 1. The molecule has 0 unspecified atom stereocenters. The summed E-state index contributed by atoms with van der Waals surface area (Å²) in [7, 11) is 0. The number of hydrogen-bond donors (Lipinski definition) is 2. The van der Waals surface area contributed by atoms with Gasteiger partial charge in [-0.15, -0.1) is 0 Å². The molecule has 1 aromatic rings. The van der Waals surface area contributed by atoms with Crippen molar-refractivity contribution in [3.05, 3.63) is 35.7 Å². The monoisotopic (exact) mass is 166 g/mol. The van der Waals surface area contributed by atoms with Gasteiger partial charge in [0.25, 0.3) is 0 Å². The standard InChI is InChI=1S/C9H11FN2/c1-3-7-5-8(12-11)4-6(2)9(7)10/h3-5,12H,1,11H2,2H3. The Bertz CT molecular complexity index is 308. The van der Waals surface area contributed by atoms with Gasteiger partial charge in [-0.25, -0.2) is 4.39 Å². The number of aryl methyl sites for hydroxylation is 1. The van der Waals surface area contributed by atoms with E-state index in [0.29, 0.717) is 16.8 Å². The Morgan fingerprint density at radius 3 is 2.75 bits per heavy atom. The lowest BCUT2D eigenvalue weighted by Gasteiger charge is -2.05. The second kappa shape index (κ2) is 3.36. The number of nitrogens with two attached hydrogens (primary N) is 1. The molecule has 0 aliphatic heterocycles. The van der Waals surface area contributed by atoms with E-state index >= 15 is 0 Å². The molecule has 3 N–H and O–H groups in total. The summed E-state index contributed by atoms with van der Waals surface area (Å²) in [6.07, 6.45) is 1.46. The molecule has 0 heterocycles. The van der Waals surface area contributed by atoms with Gasteiger partial charge in [-0.3, -0.25) is 5.84 Å². The van der Waals surface area contributed by atoms with Gasteiger partial charge < -0.3 is 5.43 Å². The van der Waals surface area contributed by atoms with Crippen LogP contribution in [-0.2, 0) is 0 Å². The number of hydrogen-bond acceptors (Lipinski definition) is 2. The summed E-state index contributed by atoms with van der Waals surface area (Å²) in [6.45, 7) is 5.18. The molecule has 1 rings (SSSR count). The van der Waals surface area contributed by atoms with Gasteiger partial charge in [-0.05, 0) is 24.6 Å². The maximum absolute atomic E-state index is 13.2. The second-order valence-corrected chi connectivity index (χ2v) is 2.54. The fourth-order valence-corrected chi connectivity index (χ4v) is 1.03. The van der Waals surface area contributed by atoms with Crippen LogP contribution in [0.5, 0.6) is 0 Å². The van der Waals surface area contributed by atoms with Crippen LogP contribution in [0.2, 0.25) is 0 Å². The van der Waals surface area contributed by atoms with E-state index < -0.39 is 0 Å². The summed E-state index contributed by atoms with van der Waals surface area (Å²) >= 11 is 0. The first-order valence-electron chi connectivity index (χ1n) is 3.58. The summed E-state index contributed by atoms with van der Waals surface area (Å²) in [5, 5.41) is 0. The zero-order valence-electron chi connectivity index (χ0n) is 6.89. The minimum absolute atomic E-state index is 0.246. The molecular weight excluding hydrogens is 155 g/mol. The average molecular weight is 166 g/mol. The predicted molar refractivity (Wildman–Crippen MR) is 49.0 cm³/mol. The third-order valence-corrected chi connectivity index (χ3v) is 1.67. The zero-order valence-corrected chi connectivity index (χ0v) is 6.89. The fraction of sp³-hybridized carbons (Fsp3) is 0.111. The molecule has 12 heavy (non-hydrogen) atoms. The molecular formula is C9H11FN2. The molecule has 0 saturated heterocycles. The first-order chi connectivity index (χ1) is 5.69. The molecule has 0 aliphatic carbocycles. The maximum Gasteiger partial charge on any atom is 0.133 e. The van der Waals surface area contributed by atoms with E-state index in [9.17, 15) is 4.39 Å². The number of nitrogens with one attached hydrogen (secondary N) is 1. The maximum atomic E-state index is 13.2. The number of rotatable bonds is 2. The predicted octanol–water partition coefficient (Wildman–Crippen LogP) is 2.06. The van der Waals surface area contributed by atoms with Gasteiger partial charge in [-0.1, -0.05) is 12.7 Å². The minimum atomic E-state index is -0.246. The highest BCUT2D eigenvalue weighted by Crippen LogP contribution is 2.18. The molecule has 0 aromatic heterocycles. The van der Waals surface area contributed by atoms with E-state index in [1.807, 2.05) is 0 Å². The van der Waals surface area contributed by atoms with E-state index in [4.69, 9.17) is 5.84 Å². The summed E-state index contributed by atoms with van der Waals surface area (Å²) in [4.78, 5) is 0. The van der Waals surface area contributed by atoms with Crippen molar-refractivity contribution in [2.75, 3.05) is 5.43 Å². The van der Waals surface area contributed by atoms with Crippen LogP contribution < -0.4 is 11.3 Å². The quantitative estimate of drug-likeness (QED) is 0.521. The topological polar surface area (TPSA) is 38.0 Å². The molecule has 0 aliphatic rings. The largest absolute Gasteiger partial charge is 0.324 e. The average Bonchev–Trinajstić information content (AvgIpc) is 2.09. The second-order valence-electron chi connectivity index (χ2n) is 2.54. The van der Waals surface area contributed by atoms with Crippen molar-refractivity contribution >= 4 is 11.8 Å². The van der Waals surface area contributed by atoms with Gasteiger partial charge in [0, 0.05) is 11.3 Å². The van der Waals surface area contributed by atoms with E-state index in [-0.39, 0.29) is 5.82 Å². The smallest absolute Gasteiger partial charge is 0.133 e. The molecule has 0 atom stereocenters. The highest BCUT2D eigenvalue weighted by atomic mass is 19.1. The van der Waals surface area contributed by atoms with Gasteiger partial charge in [0.1, 0.15) is 5.82 Å². The molecule has 0 spiro atoms. The fourth-order valence-electron chi connectivity index (χ4n) is 1.03. The van der Waals surface area contributed by atoms with Crippen molar-refractivity contribution in [2.24, 2.45) is 5.84 Å². The van der Waals surface area contributed by atoms with E-state index in [0.717, 1.165) is 0 Å². The van der Waals surface area contributed by atoms with Gasteiger partial charge >= 0.3 is 0 Å². The first-order valence-corrected chi connectivity index (χ1v) is 3.58. The molecule has 0 fully saturated rings. The van der Waals surface area contributed by atoms with Crippen LogP contribution in [0.15, 0.2) is 18.7 Å². The van der Waals surface area contributed by atoms with Crippen LogP contribution >= 0.6 is 0 Å². The normalized spacial score (nSPS) is 9.58. The van der Waals surface area contributed by atoms with Crippen LogP contribution in [0.3, 0.4) is 0 Å². The summed E-state index contributed by atoms with van der Waals surface area (Å²) < 4.78 is 13.2. The molecule has 3 heteroatoms. The lowest BCUT2D eigenvalue weighted by Crippen LogP contribution is -2.07. The van der Waals surface area contributed by atoms with E-state index in [1.165, 1.54) is 6.08 Å². The summed E-state index contributed by atoms with van der Waals surface area (Å²) in [6, 6.07) is 3.25. The Balaban J connectivity index is 3.28. The highest BCUT2D eigenvalue weighted by molar-refractivity contribution is 5.58. The van der Waals surface area contributed by atoms with Gasteiger partial charge in [0.2, 0.25) is 0 Å². The number of halogens is 1. The lowest BCUT2D eigenvalue weighted by molar-refractivity contribution is 0.616. The molecule has 1 aromatic carbocycles. The van der Waals surface area contributed by atoms with Crippen LogP contribution in [0.4, 0.5) is 10.1 Å². The Morgan fingerprint density at radius 2 is 2.25 bits per heavy atom. The van der Waals surface area contributed by atoms with E-state index in [1.54, 1.807) is 19.1 Å². The molecule has 0 radical (unpaired) electrons. The van der Waals surface area contributed by atoms with Gasteiger partial charge in [-0.2, -0.15) is 0 Å². The Morgan fingerprint density at radius 1 is 1.58 bits per heavy atom. The third kappa shape index (κ3) is 1.46. The number of nitrogen functional groups attached to an aromatic ring is 1. The molecule has 0 amide bonds.